The molecule has 1 aromatic carbocycles. The molecule has 2 N–H and O–H groups in total. The van der Waals surface area contributed by atoms with Gasteiger partial charge in [0.1, 0.15) is 5.78 Å². The van der Waals surface area contributed by atoms with Gasteiger partial charge in [-0.05, 0) is 24.1 Å². The van der Waals surface area contributed by atoms with Gasteiger partial charge in [-0.1, -0.05) is 41.4 Å². The molecular formula is C13H18BrNO. The minimum Gasteiger partial charge on any atom is -0.327 e. The monoisotopic (exact) mass is 283 g/mol. The summed E-state index contributed by atoms with van der Waals surface area (Å²) in [5.74, 6) is 0.225. The number of hydrogen-bond donors (Lipinski definition) is 1. The molecule has 0 aliphatic carbocycles. The molecule has 0 aliphatic rings. The van der Waals surface area contributed by atoms with Crippen molar-refractivity contribution in [1.82, 2.24) is 0 Å². The van der Waals surface area contributed by atoms with E-state index in [1.54, 1.807) is 0 Å². The lowest BCUT2D eigenvalue weighted by Gasteiger charge is -2.08. The quantitative estimate of drug-likeness (QED) is 0.872. The second-order valence-corrected chi connectivity index (χ2v) is 5.01. The van der Waals surface area contributed by atoms with E-state index in [1.165, 1.54) is 0 Å². The zero-order valence-corrected chi connectivity index (χ0v) is 11.2. The molecule has 3 heteroatoms. The van der Waals surface area contributed by atoms with Crippen molar-refractivity contribution in [2.24, 2.45) is 5.73 Å². The molecule has 1 atom stereocenters. The molecule has 0 radical (unpaired) electrons. The minimum atomic E-state index is 0.0212. The fourth-order valence-electron chi connectivity index (χ4n) is 1.67. The third-order valence-electron chi connectivity index (χ3n) is 2.46. The maximum Gasteiger partial charge on any atom is 0.138 e. The van der Waals surface area contributed by atoms with E-state index in [4.69, 9.17) is 5.73 Å². The number of Topliss-reactive ketones (excluding diaryl/α,β-unsaturated/α-hetero) is 1. The largest absolute Gasteiger partial charge is 0.327 e. The molecule has 0 spiro atoms. The highest BCUT2D eigenvalue weighted by Gasteiger charge is 2.09. The Bertz CT molecular complexity index is 334. The predicted molar refractivity (Wildman–Crippen MR) is 70.4 cm³/mol. The second-order valence-electron chi connectivity index (χ2n) is 4.09. The average molecular weight is 284 g/mol. The summed E-state index contributed by atoms with van der Waals surface area (Å²) >= 11 is 3.37. The van der Waals surface area contributed by atoms with Crippen LogP contribution in [0.1, 0.15) is 31.7 Å². The van der Waals surface area contributed by atoms with Crippen molar-refractivity contribution in [1.29, 1.82) is 0 Å². The van der Waals surface area contributed by atoms with Gasteiger partial charge in [0, 0.05) is 23.4 Å². The fourth-order valence-corrected chi connectivity index (χ4v) is 1.93. The van der Waals surface area contributed by atoms with Crippen LogP contribution in [0.2, 0.25) is 0 Å². The van der Waals surface area contributed by atoms with Crippen LogP contribution < -0.4 is 5.73 Å². The molecule has 1 rings (SSSR count). The highest BCUT2D eigenvalue weighted by molar-refractivity contribution is 9.10. The Labute approximate surface area is 105 Å². The van der Waals surface area contributed by atoms with E-state index in [9.17, 15) is 4.79 Å². The SMILES string of the molecule is CCCC(N)CC(=O)Cc1ccc(Br)cc1. The molecule has 0 heterocycles. The number of ketones is 1. The van der Waals surface area contributed by atoms with E-state index in [0.717, 1.165) is 22.9 Å². The van der Waals surface area contributed by atoms with Crippen molar-refractivity contribution < 1.29 is 4.79 Å². The molecule has 1 aromatic rings. The Morgan fingerprint density at radius 3 is 2.56 bits per heavy atom. The van der Waals surface area contributed by atoms with Gasteiger partial charge in [0.2, 0.25) is 0 Å². The molecule has 0 saturated heterocycles. The first-order valence-corrected chi connectivity index (χ1v) is 6.43. The van der Waals surface area contributed by atoms with Crippen LogP contribution >= 0.6 is 15.9 Å². The summed E-state index contributed by atoms with van der Waals surface area (Å²) in [6.45, 7) is 2.08. The van der Waals surface area contributed by atoms with Crippen molar-refractivity contribution in [3.05, 3.63) is 34.3 Å². The summed E-state index contributed by atoms with van der Waals surface area (Å²) in [7, 11) is 0. The summed E-state index contributed by atoms with van der Waals surface area (Å²) in [5.41, 5.74) is 6.89. The van der Waals surface area contributed by atoms with Gasteiger partial charge in [0.05, 0.1) is 0 Å². The van der Waals surface area contributed by atoms with Crippen molar-refractivity contribution in [3.8, 4) is 0 Å². The Hall–Kier alpha value is -0.670. The van der Waals surface area contributed by atoms with E-state index in [-0.39, 0.29) is 11.8 Å². The average Bonchev–Trinajstić information content (AvgIpc) is 2.21. The Kier molecular flexibility index (Phi) is 5.71. The molecule has 1 unspecified atom stereocenters. The van der Waals surface area contributed by atoms with E-state index >= 15 is 0 Å². The molecular weight excluding hydrogens is 266 g/mol. The smallest absolute Gasteiger partial charge is 0.138 e. The van der Waals surface area contributed by atoms with E-state index in [2.05, 4.69) is 22.9 Å². The third-order valence-corrected chi connectivity index (χ3v) is 2.99. The first-order valence-electron chi connectivity index (χ1n) is 5.63. The molecule has 88 valence electrons. The number of rotatable bonds is 6. The summed E-state index contributed by atoms with van der Waals surface area (Å²) in [6, 6.07) is 7.86. The normalized spacial score (nSPS) is 12.4. The molecule has 0 amide bonds. The van der Waals surface area contributed by atoms with Crippen LogP contribution in [-0.4, -0.2) is 11.8 Å². The van der Waals surface area contributed by atoms with E-state index in [1.807, 2.05) is 24.3 Å². The molecule has 0 bridgehead atoms. The highest BCUT2D eigenvalue weighted by Crippen LogP contribution is 2.12. The topological polar surface area (TPSA) is 43.1 Å². The van der Waals surface area contributed by atoms with Crippen LogP contribution in [-0.2, 0) is 11.2 Å². The van der Waals surface area contributed by atoms with Gasteiger partial charge in [-0.3, -0.25) is 4.79 Å². The summed E-state index contributed by atoms with van der Waals surface area (Å²) in [6.07, 6.45) is 2.94. The number of halogens is 1. The predicted octanol–water partition coefficient (Wildman–Crippen LogP) is 3.08. The van der Waals surface area contributed by atoms with Gasteiger partial charge < -0.3 is 5.73 Å². The van der Waals surface area contributed by atoms with Crippen LogP contribution in [0.5, 0.6) is 0 Å². The van der Waals surface area contributed by atoms with Crippen LogP contribution in [0.3, 0.4) is 0 Å². The van der Waals surface area contributed by atoms with Gasteiger partial charge in [-0.15, -0.1) is 0 Å². The lowest BCUT2D eigenvalue weighted by Crippen LogP contribution is -2.24. The minimum absolute atomic E-state index is 0.0212. The maximum atomic E-state index is 11.7. The third kappa shape index (κ3) is 4.90. The van der Waals surface area contributed by atoms with Gasteiger partial charge in [-0.25, -0.2) is 0 Å². The van der Waals surface area contributed by atoms with Crippen molar-refractivity contribution in [3.63, 3.8) is 0 Å². The number of hydrogen-bond acceptors (Lipinski definition) is 2. The zero-order chi connectivity index (χ0) is 12.0. The Morgan fingerprint density at radius 2 is 2.00 bits per heavy atom. The Balaban J connectivity index is 2.42. The second kappa shape index (κ2) is 6.81. The molecule has 0 saturated carbocycles. The van der Waals surface area contributed by atoms with Crippen LogP contribution in [0.4, 0.5) is 0 Å². The molecule has 0 aromatic heterocycles. The summed E-state index contributed by atoms with van der Waals surface area (Å²) in [5, 5.41) is 0. The highest BCUT2D eigenvalue weighted by atomic mass is 79.9. The van der Waals surface area contributed by atoms with Gasteiger partial charge in [0.15, 0.2) is 0 Å². The first kappa shape index (κ1) is 13.4. The zero-order valence-electron chi connectivity index (χ0n) is 9.58. The van der Waals surface area contributed by atoms with Gasteiger partial charge in [0.25, 0.3) is 0 Å². The molecule has 0 aliphatic heterocycles. The van der Waals surface area contributed by atoms with Crippen molar-refractivity contribution >= 4 is 21.7 Å². The summed E-state index contributed by atoms with van der Waals surface area (Å²) < 4.78 is 1.03. The van der Waals surface area contributed by atoms with E-state index < -0.39 is 0 Å². The number of carbonyl (C=O) groups excluding carboxylic acids is 1. The van der Waals surface area contributed by atoms with Crippen LogP contribution in [0, 0.1) is 0 Å². The first-order chi connectivity index (χ1) is 7.61. The maximum absolute atomic E-state index is 11.7. The number of carbonyl (C=O) groups is 1. The standard InChI is InChI=1S/C13H18BrNO/c1-2-3-12(15)9-13(16)8-10-4-6-11(14)7-5-10/h4-7,12H,2-3,8-9,15H2,1H3. The number of benzene rings is 1. The van der Waals surface area contributed by atoms with Crippen molar-refractivity contribution in [2.75, 3.05) is 0 Å². The molecule has 0 fully saturated rings. The fraction of sp³-hybridized carbons (Fsp3) is 0.462. The van der Waals surface area contributed by atoms with Crippen molar-refractivity contribution in [2.45, 2.75) is 38.6 Å². The van der Waals surface area contributed by atoms with E-state index in [0.29, 0.717) is 12.8 Å². The lowest BCUT2D eigenvalue weighted by atomic mass is 10.0. The van der Waals surface area contributed by atoms with Crippen LogP contribution in [0.25, 0.3) is 0 Å². The summed E-state index contributed by atoms with van der Waals surface area (Å²) in [4.78, 5) is 11.7. The number of nitrogens with two attached hydrogens (primary N) is 1. The van der Waals surface area contributed by atoms with Gasteiger partial charge >= 0.3 is 0 Å². The molecule has 2 nitrogen and oxygen atoms in total. The van der Waals surface area contributed by atoms with Gasteiger partial charge in [-0.2, -0.15) is 0 Å². The molecule has 16 heavy (non-hydrogen) atoms. The van der Waals surface area contributed by atoms with Crippen LogP contribution in [0.15, 0.2) is 28.7 Å². The lowest BCUT2D eigenvalue weighted by molar-refractivity contribution is -0.118. The Morgan fingerprint density at radius 1 is 1.38 bits per heavy atom.